The lowest BCUT2D eigenvalue weighted by molar-refractivity contribution is 0.416. The first-order valence-electron chi connectivity index (χ1n) is 5.38. The van der Waals surface area contributed by atoms with E-state index in [0.29, 0.717) is 12.4 Å². The van der Waals surface area contributed by atoms with Crippen LogP contribution in [0.4, 0.5) is 0 Å². The second-order valence-electron chi connectivity index (χ2n) is 3.62. The summed E-state index contributed by atoms with van der Waals surface area (Å²) in [7, 11) is 1.63. The molecule has 2 heterocycles. The fraction of sp³-hybridized carbons (Fsp3) is 0.182. The molecule has 18 heavy (non-hydrogen) atoms. The second kappa shape index (κ2) is 4.35. The molecule has 92 valence electrons. The van der Waals surface area contributed by atoms with Crippen LogP contribution in [0.1, 0.15) is 5.01 Å². The zero-order valence-corrected chi connectivity index (χ0v) is 10.5. The molecule has 3 rings (SSSR count). The summed E-state index contributed by atoms with van der Waals surface area (Å²) in [5.74, 6) is 1.41. The molecule has 2 aromatic heterocycles. The standard InChI is InChI=1S/C11H11N5OS/c1-17-8-5-3-2-4-7(8)10-13-14-11-16(10)15-9(6-12)18-11/h2-5H,6,12H2,1H3. The molecule has 7 heteroatoms. The van der Waals surface area contributed by atoms with Crippen molar-refractivity contribution in [3.8, 4) is 17.1 Å². The van der Waals surface area contributed by atoms with E-state index in [4.69, 9.17) is 10.5 Å². The molecule has 0 amide bonds. The largest absolute Gasteiger partial charge is 0.496 e. The summed E-state index contributed by atoms with van der Waals surface area (Å²) < 4.78 is 7.02. The van der Waals surface area contributed by atoms with Crippen LogP contribution < -0.4 is 10.5 Å². The number of rotatable bonds is 3. The number of nitrogens with two attached hydrogens (primary N) is 1. The van der Waals surface area contributed by atoms with Gasteiger partial charge in [-0.1, -0.05) is 23.5 Å². The first-order valence-corrected chi connectivity index (χ1v) is 6.19. The maximum absolute atomic E-state index is 5.58. The molecule has 6 nitrogen and oxygen atoms in total. The molecule has 1 aromatic carbocycles. The average molecular weight is 261 g/mol. The maximum atomic E-state index is 5.58. The van der Waals surface area contributed by atoms with Crippen LogP contribution in [0.25, 0.3) is 16.3 Å². The van der Waals surface area contributed by atoms with Gasteiger partial charge in [-0.25, -0.2) is 0 Å². The van der Waals surface area contributed by atoms with Crippen LogP contribution >= 0.6 is 11.3 Å². The van der Waals surface area contributed by atoms with E-state index in [1.165, 1.54) is 11.3 Å². The SMILES string of the molecule is COc1ccccc1-c1nnc2sc(CN)nn12. The van der Waals surface area contributed by atoms with E-state index < -0.39 is 0 Å². The number of benzene rings is 1. The van der Waals surface area contributed by atoms with Crippen LogP contribution in [0.3, 0.4) is 0 Å². The Bertz CT molecular complexity index is 690. The van der Waals surface area contributed by atoms with Gasteiger partial charge in [-0.3, -0.25) is 0 Å². The summed E-state index contributed by atoms with van der Waals surface area (Å²) in [6, 6.07) is 7.64. The van der Waals surface area contributed by atoms with E-state index >= 15 is 0 Å². The van der Waals surface area contributed by atoms with Gasteiger partial charge in [0.25, 0.3) is 0 Å². The molecule has 0 aliphatic rings. The summed E-state index contributed by atoms with van der Waals surface area (Å²) in [5, 5.41) is 13.4. The summed E-state index contributed by atoms with van der Waals surface area (Å²) in [5.41, 5.74) is 6.44. The molecular formula is C11H11N5OS. The van der Waals surface area contributed by atoms with E-state index in [1.807, 2.05) is 24.3 Å². The van der Waals surface area contributed by atoms with Gasteiger partial charge in [-0.05, 0) is 12.1 Å². The number of fused-ring (bicyclic) bond motifs is 1. The van der Waals surface area contributed by atoms with Crippen LogP contribution in [-0.2, 0) is 6.54 Å². The van der Waals surface area contributed by atoms with Crippen LogP contribution in [0.5, 0.6) is 5.75 Å². The van der Waals surface area contributed by atoms with Crippen LogP contribution in [-0.4, -0.2) is 26.9 Å². The lowest BCUT2D eigenvalue weighted by atomic mass is 10.2. The van der Waals surface area contributed by atoms with Crippen LogP contribution in [0.2, 0.25) is 0 Å². The molecular weight excluding hydrogens is 250 g/mol. The van der Waals surface area contributed by atoms with E-state index in [1.54, 1.807) is 11.6 Å². The van der Waals surface area contributed by atoms with Crippen molar-refractivity contribution in [1.29, 1.82) is 0 Å². The van der Waals surface area contributed by atoms with Gasteiger partial charge in [0.05, 0.1) is 12.7 Å². The molecule has 0 unspecified atom stereocenters. The van der Waals surface area contributed by atoms with Crippen molar-refractivity contribution in [2.75, 3.05) is 7.11 Å². The third-order valence-electron chi connectivity index (χ3n) is 2.56. The summed E-state index contributed by atoms with van der Waals surface area (Å²) >= 11 is 1.44. The van der Waals surface area contributed by atoms with Gasteiger partial charge in [0, 0.05) is 6.54 Å². The van der Waals surface area contributed by atoms with E-state index in [0.717, 1.165) is 21.3 Å². The molecule has 0 saturated heterocycles. The van der Waals surface area contributed by atoms with Crippen molar-refractivity contribution >= 4 is 16.3 Å². The highest BCUT2D eigenvalue weighted by molar-refractivity contribution is 7.16. The Hall–Kier alpha value is -1.99. The van der Waals surface area contributed by atoms with Gasteiger partial charge >= 0.3 is 0 Å². The van der Waals surface area contributed by atoms with Crippen molar-refractivity contribution in [2.24, 2.45) is 5.73 Å². The van der Waals surface area contributed by atoms with E-state index in [9.17, 15) is 0 Å². The predicted octanol–water partition coefficient (Wildman–Crippen LogP) is 1.32. The van der Waals surface area contributed by atoms with Crippen LogP contribution in [0, 0.1) is 0 Å². The second-order valence-corrected chi connectivity index (χ2v) is 4.66. The van der Waals surface area contributed by atoms with Gasteiger partial charge in [-0.2, -0.15) is 9.61 Å². The normalized spacial score (nSPS) is 11.0. The number of nitrogens with zero attached hydrogens (tertiary/aromatic N) is 4. The Morgan fingerprint density at radius 2 is 2.17 bits per heavy atom. The van der Waals surface area contributed by atoms with Crippen molar-refractivity contribution in [3.05, 3.63) is 29.3 Å². The molecule has 0 fully saturated rings. The fourth-order valence-corrected chi connectivity index (χ4v) is 2.45. The molecule has 0 spiro atoms. The molecule has 2 N–H and O–H groups in total. The zero-order chi connectivity index (χ0) is 12.5. The van der Waals surface area contributed by atoms with Crippen LogP contribution in [0.15, 0.2) is 24.3 Å². The fourth-order valence-electron chi connectivity index (χ4n) is 1.74. The van der Waals surface area contributed by atoms with Crippen molar-refractivity contribution in [1.82, 2.24) is 19.8 Å². The lowest BCUT2D eigenvalue weighted by Crippen LogP contribution is -1.98. The number of aromatic nitrogens is 4. The quantitative estimate of drug-likeness (QED) is 0.769. The number of hydrogen-bond acceptors (Lipinski definition) is 6. The highest BCUT2D eigenvalue weighted by atomic mass is 32.1. The zero-order valence-electron chi connectivity index (χ0n) is 9.70. The molecule has 0 radical (unpaired) electrons. The Labute approximate surface area is 107 Å². The Balaban J connectivity index is 2.21. The Kier molecular flexibility index (Phi) is 2.69. The number of ether oxygens (including phenoxy) is 1. The van der Waals surface area contributed by atoms with Gasteiger partial charge in [0.15, 0.2) is 5.82 Å². The number of para-hydroxylation sites is 1. The van der Waals surface area contributed by atoms with E-state index in [-0.39, 0.29) is 0 Å². The van der Waals surface area contributed by atoms with Gasteiger partial charge in [0.2, 0.25) is 4.96 Å². The van der Waals surface area contributed by atoms with Crippen molar-refractivity contribution < 1.29 is 4.74 Å². The lowest BCUT2D eigenvalue weighted by Gasteiger charge is -2.04. The molecule has 0 bridgehead atoms. The van der Waals surface area contributed by atoms with Gasteiger partial charge in [0.1, 0.15) is 10.8 Å². The maximum Gasteiger partial charge on any atom is 0.235 e. The summed E-state index contributed by atoms with van der Waals surface area (Å²) in [4.78, 5) is 0.733. The molecule has 0 saturated carbocycles. The highest BCUT2D eigenvalue weighted by Crippen LogP contribution is 2.29. The Morgan fingerprint density at radius 3 is 2.94 bits per heavy atom. The summed E-state index contributed by atoms with van der Waals surface area (Å²) in [6.45, 7) is 0.402. The number of methoxy groups -OCH3 is 1. The van der Waals surface area contributed by atoms with Gasteiger partial charge < -0.3 is 10.5 Å². The smallest absolute Gasteiger partial charge is 0.235 e. The minimum Gasteiger partial charge on any atom is -0.496 e. The average Bonchev–Trinajstić information content (AvgIpc) is 2.98. The van der Waals surface area contributed by atoms with E-state index in [2.05, 4.69) is 15.3 Å². The summed E-state index contributed by atoms with van der Waals surface area (Å²) in [6.07, 6.45) is 0. The molecule has 0 aliphatic heterocycles. The predicted molar refractivity (Wildman–Crippen MR) is 68.5 cm³/mol. The first kappa shape index (κ1) is 11.1. The Morgan fingerprint density at radius 1 is 1.33 bits per heavy atom. The minimum absolute atomic E-state index is 0.402. The molecule has 0 aliphatic carbocycles. The molecule has 0 atom stereocenters. The van der Waals surface area contributed by atoms with Crippen molar-refractivity contribution in [2.45, 2.75) is 6.54 Å². The highest BCUT2D eigenvalue weighted by Gasteiger charge is 2.15. The molecule has 3 aromatic rings. The number of hydrogen-bond donors (Lipinski definition) is 1. The minimum atomic E-state index is 0.402. The monoisotopic (exact) mass is 261 g/mol. The third kappa shape index (κ3) is 1.64. The van der Waals surface area contributed by atoms with Crippen molar-refractivity contribution in [3.63, 3.8) is 0 Å². The van der Waals surface area contributed by atoms with Gasteiger partial charge in [-0.15, -0.1) is 10.2 Å². The first-order chi connectivity index (χ1) is 8.83. The third-order valence-corrected chi connectivity index (χ3v) is 3.48. The topological polar surface area (TPSA) is 78.3 Å².